The summed E-state index contributed by atoms with van der Waals surface area (Å²) in [5.41, 5.74) is 10.8. The van der Waals surface area contributed by atoms with Crippen molar-refractivity contribution < 1.29 is 0 Å². The number of allylic oxidation sites excluding steroid dienone is 1. The van der Waals surface area contributed by atoms with E-state index in [-0.39, 0.29) is 0 Å². The summed E-state index contributed by atoms with van der Waals surface area (Å²) in [6.07, 6.45) is 6.87. The molecule has 0 radical (unpaired) electrons. The molecule has 0 nitrogen and oxygen atoms in total. The largest absolute Gasteiger partial charge is 0.135 e. The second-order valence-electron chi connectivity index (χ2n) is 11.5. The number of benzene rings is 7. The molecule has 0 spiro atoms. The highest BCUT2D eigenvalue weighted by atomic mass is 32.1. The van der Waals surface area contributed by atoms with Gasteiger partial charge >= 0.3 is 0 Å². The van der Waals surface area contributed by atoms with Crippen LogP contribution in [-0.4, -0.2) is 0 Å². The highest BCUT2D eigenvalue weighted by molar-refractivity contribution is 7.26. The molecule has 9 rings (SSSR count). The first kappa shape index (κ1) is 24.6. The number of fused-ring (bicyclic) bond motifs is 6. The van der Waals surface area contributed by atoms with Crippen LogP contribution in [0.5, 0.6) is 0 Å². The van der Waals surface area contributed by atoms with Crippen LogP contribution in [0.3, 0.4) is 0 Å². The molecule has 0 fully saturated rings. The smallest absolute Gasteiger partial charge is 0.0434 e. The third kappa shape index (κ3) is 3.75. The maximum Gasteiger partial charge on any atom is 0.0434 e. The number of hydrogen-bond acceptors (Lipinski definition) is 1. The van der Waals surface area contributed by atoms with Crippen molar-refractivity contribution >= 4 is 59.1 Å². The van der Waals surface area contributed by atoms with Crippen LogP contribution in [0, 0.1) is 0 Å². The standard InChI is InChI=1S/C42H28S/c1-2-13-27(14-3-1)28-25-26-36(30-16-5-4-15-29(28)30)40-32-18-6-8-20-34(32)41(35-21-9-7-19-33(35)40)38-23-12-22-37-31-17-10-11-24-39(31)43-42(37)38/h1-8,10-20,22-26H,9,21H2. The van der Waals surface area contributed by atoms with Gasteiger partial charge in [0, 0.05) is 25.7 Å². The Morgan fingerprint density at radius 3 is 1.88 bits per heavy atom. The van der Waals surface area contributed by atoms with Crippen molar-refractivity contribution in [1.29, 1.82) is 0 Å². The first-order chi connectivity index (χ1) is 21.4. The molecule has 1 heteroatoms. The predicted molar refractivity (Wildman–Crippen MR) is 188 cm³/mol. The lowest BCUT2D eigenvalue weighted by molar-refractivity contribution is 0.992. The van der Waals surface area contributed by atoms with Gasteiger partial charge in [0.2, 0.25) is 0 Å². The normalized spacial score (nSPS) is 12.8. The Labute approximate surface area is 255 Å². The Morgan fingerprint density at radius 1 is 0.442 bits per heavy atom. The molecule has 1 aliphatic rings. The summed E-state index contributed by atoms with van der Waals surface area (Å²) in [4.78, 5) is 0. The highest BCUT2D eigenvalue weighted by Gasteiger charge is 2.24. The van der Waals surface area contributed by atoms with Crippen LogP contribution < -0.4 is 0 Å². The van der Waals surface area contributed by atoms with Gasteiger partial charge in [-0.3, -0.25) is 0 Å². The van der Waals surface area contributed by atoms with Crippen LogP contribution in [0.4, 0.5) is 0 Å². The molecule has 0 atom stereocenters. The average Bonchev–Trinajstić information content (AvgIpc) is 3.46. The Kier molecular flexibility index (Phi) is 5.61. The van der Waals surface area contributed by atoms with Gasteiger partial charge in [0.15, 0.2) is 0 Å². The molecule has 43 heavy (non-hydrogen) atoms. The quantitative estimate of drug-likeness (QED) is 0.200. The molecule has 0 amide bonds. The minimum absolute atomic E-state index is 1.04. The summed E-state index contributed by atoms with van der Waals surface area (Å²) in [5, 5.41) is 7.96. The van der Waals surface area contributed by atoms with Gasteiger partial charge in [-0.2, -0.15) is 0 Å². The summed E-state index contributed by atoms with van der Waals surface area (Å²) >= 11 is 1.93. The second-order valence-corrected chi connectivity index (χ2v) is 12.5. The Morgan fingerprint density at radius 2 is 1.07 bits per heavy atom. The molecule has 0 saturated carbocycles. The SMILES string of the molecule is C1=Cc2c(c(-c3cccc4c3sc3ccccc34)c3ccccc3c2-c2ccc(-c3ccccc3)c3ccccc23)CC1. The lowest BCUT2D eigenvalue weighted by Crippen LogP contribution is -2.03. The topological polar surface area (TPSA) is 0 Å². The number of rotatable bonds is 3. The zero-order valence-corrected chi connectivity index (χ0v) is 24.5. The average molecular weight is 565 g/mol. The number of hydrogen-bond donors (Lipinski definition) is 0. The van der Waals surface area contributed by atoms with E-state index in [2.05, 4.69) is 146 Å². The van der Waals surface area contributed by atoms with E-state index in [9.17, 15) is 0 Å². The maximum atomic E-state index is 2.40. The summed E-state index contributed by atoms with van der Waals surface area (Å²) < 4.78 is 2.74. The molecule has 0 unspecified atom stereocenters. The van der Waals surface area contributed by atoms with Crippen LogP contribution in [-0.2, 0) is 6.42 Å². The molecule has 8 aromatic rings. The van der Waals surface area contributed by atoms with E-state index in [4.69, 9.17) is 0 Å². The van der Waals surface area contributed by atoms with Crippen LogP contribution in [0.1, 0.15) is 17.5 Å². The minimum Gasteiger partial charge on any atom is -0.135 e. The summed E-state index contributed by atoms with van der Waals surface area (Å²) in [6, 6.07) is 49.2. The van der Waals surface area contributed by atoms with Gasteiger partial charge in [-0.25, -0.2) is 0 Å². The lowest BCUT2D eigenvalue weighted by Gasteiger charge is -2.25. The molecule has 202 valence electrons. The molecule has 1 heterocycles. The monoisotopic (exact) mass is 564 g/mol. The maximum absolute atomic E-state index is 2.40. The zero-order valence-electron chi connectivity index (χ0n) is 23.7. The fraction of sp³-hybridized carbons (Fsp3) is 0.0476. The second kappa shape index (κ2) is 9.80. The highest BCUT2D eigenvalue weighted by Crippen LogP contribution is 2.49. The van der Waals surface area contributed by atoms with E-state index in [0.717, 1.165) is 12.8 Å². The van der Waals surface area contributed by atoms with E-state index >= 15 is 0 Å². The molecule has 1 aliphatic carbocycles. The fourth-order valence-electron chi connectivity index (χ4n) is 7.31. The van der Waals surface area contributed by atoms with Gasteiger partial charge in [-0.05, 0) is 79.4 Å². The van der Waals surface area contributed by atoms with Gasteiger partial charge in [0.25, 0.3) is 0 Å². The van der Waals surface area contributed by atoms with E-state index in [0.29, 0.717) is 0 Å². The molecule has 0 bridgehead atoms. The van der Waals surface area contributed by atoms with Crippen molar-refractivity contribution in [2.75, 3.05) is 0 Å². The van der Waals surface area contributed by atoms with Gasteiger partial charge < -0.3 is 0 Å². The third-order valence-corrected chi connectivity index (χ3v) is 10.4. The first-order valence-electron chi connectivity index (χ1n) is 15.1. The molecule has 0 aliphatic heterocycles. The van der Waals surface area contributed by atoms with Crippen molar-refractivity contribution in [3.05, 3.63) is 151 Å². The zero-order chi connectivity index (χ0) is 28.3. The molecule has 0 saturated heterocycles. The van der Waals surface area contributed by atoms with E-state index in [1.54, 1.807) is 0 Å². The molecule has 0 N–H and O–H groups in total. The summed E-state index contributed by atoms with van der Waals surface area (Å²) in [7, 11) is 0. The van der Waals surface area contributed by atoms with E-state index in [1.165, 1.54) is 86.2 Å². The Balaban J connectivity index is 1.39. The van der Waals surface area contributed by atoms with Crippen LogP contribution in [0.2, 0.25) is 0 Å². The molecule has 1 aromatic heterocycles. The van der Waals surface area contributed by atoms with Crippen molar-refractivity contribution in [3.8, 4) is 33.4 Å². The first-order valence-corrected chi connectivity index (χ1v) is 15.9. The minimum atomic E-state index is 1.04. The Hall–Kier alpha value is -4.98. The lowest BCUT2D eigenvalue weighted by atomic mass is 9.79. The fourth-order valence-corrected chi connectivity index (χ4v) is 8.54. The van der Waals surface area contributed by atoms with Crippen molar-refractivity contribution in [1.82, 2.24) is 0 Å². The van der Waals surface area contributed by atoms with E-state index < -0.39 is 0 Å². The Bertz CT molecular complexity index is 2390. The third-order valence-electron chi connectivity index (χ3n) is 9.16. The van der Waals surface area contributed by atoms with Crippen LogP contribution in [0.15, 0.2) is 140 Å². The molecule has 7 aromatic carbocycles. The van der Waals surface area contributed by atoms with Gasteiger partial charge in [0.1, 0.15) is 0 Å². The van der Waals surface area contributed by atoms with Crippen molar-refractivity contribution in [2.45, 2.75) is 12.8 Å². The van der Waals surface area contributed by atoms with Crippen molar-refractivity contribution in [3.63, 3.8) is 0 Å². The summed E-state index contributed by atoms with van der Waals surface area (Å²) in [5.74, 6) is 0. The number of thiophene rings is 1. The van der Waals surface area contributed by atoms with Crippen molar-refractivity contribution in [2.24, 2.45) is 0 Å². The summed E-state index contributed by atoms with van der Waals surface area (Å²) in [6.45, 7) is 0. The van der Waals surface area contributed by atoms with Crippen LogP contribution in [0.25, 0.3) is 81.2 Å². The molecular weight excluding hydrogens is 537 g/mol. The van der Waals surface area contributed by atoms with Gasteiger partial charge in [-0.1, -0.05) is 140 Å². The van der Waals surface area contributed by atoms with E-state index in [1.807, 2.05) is 11.3 Å². The van der Waals surface area contributed by atoms with Crippen LogP contribution >= 0.6 is 11.3 Å². The predicted octanol–water partition coefficient (Wildman–Crippen LogP) is 12.3. The van der Waals surface area contributed by atoms with Gasteiger partial charge in [-0.15, -0.1) is 11.3 Å². The van der Waals surface area contributed by atoms with Gasteiger partial charge in [0.05, 0.1) is 0 Å². The molecular formula is C42H28S.